The number of pyridine rings is 1. The lowest BCUT2D eigenvalue weighted by molar-refractivity contribution is 0.102. The number of carbonyl (C=O) groups excluding carboxylic acids is 1. The lowest BCUT2D eigenvalue weighted by Gasteiger charge is -2.02. The van der Waals surface area contributed by atoms with Gasteiger partial charge in [-0.25, -0.2) is 4.98 Å². The molecular formula is C15H16N4O2. The molecule has 6 heteroatoms. The number of nitrogens with zero attached hydrogens (tertiary/aromatic N) is 3. The number of aryl methyl sites for hydroxylation is 2. The number of aromatic nitrogens is 3. The molecule has 0 unspecified atom stereocenters. The molecule has 2 rings (SSSR count). The van der Waals surface area contributed by atoms with E-state index in [1.54, 1.807) is 30.1 Å². The van der Waals surface area contributed by atoms with Crippen LogP contribution in [0.1, 0.15) is 28.2 Å². The van der Waals surface area contributed by atoms with Crippen LogP contribution in [0, 0.1) is 18.8 Å². The maximum Gasteiger partial charge on any atom is 0.274 e. The van der Waals surface area contributed by atoms with Gasteiger partial charge in [0.15, 0.2) is 0 Å². The van der Waals surface area contributed by atoms with Gasteiger partial charge in [0.2, 0.25) is 0 Å². The van der Waals surface area contributed by atoms with Crippen LogP contribution < -0.4 is 5.32 Å². The maximum atomic E-state index is 12.1. The average molecular weight is 284 g/mol. The van der Waals surface area contributed by atoms with Crippen molar-refractivity contribution in [1.82, 2.24) is 14.8 Å². The molecule has 0 aliphatic heterocycles. The fourth-order valence-electron chi connectivity index (χ4n) is 1.73. The normalized spacial score (nSPS) is 9.86. The van der Waals surface area contributed by atoms with Crippen molar-refractivity contribution < 1.29 is 9.90 Å². The van der Waals surface area contributed by atoms with E-state index in [9.17, 15) is 4.79 Å². The number of rotatable bonds is 3. The summed E-state index contributed by atoms with van der Waals surface area (Å²) >= 11 is 0. The van der Waals surface area contributed by atoms with E-state index in [0.717, 1.165) is 5.69 Å². The van der Waals surface area contributed by atoms with E-state index in [1.807, 2.05) is 6.92 Å². The maximum absolute atomic E-state index is 12.1. The SMILES string of the molecule is Cc1nn(C)cc1NC(=O)c1ccc(C#CCCO)cn1. The first kappa shape index (κ1) is 14.8. The molecule has 1 amide bonds. The van der Waals surface area contributed by atoms with Crippen molar-refractivity contribution in [2.24, 2.45) is 7.05 Å². The van der Waals surface area contributed by atoms with E-state index < -0.39 is 0 Å². The smallest absolute Gasteiger partial charge is 0.274 e. The van der Waals surface area contributed by atoms with Gasteiger partial charge in [0.1, 0.15) is 5.69 Å². The molecule has 6 nitrogen and oxygen atoms in total. The van der Waals surface area contributed by atoms with Gasteiger partial charge in [0.05, 0.1) is 18.0 Å². The van der Waals surface area contributed by atoms with Crippen molar-refractivity contribution in [2.45, 2.75) is 13.3 Å². The van der Waals surface area contributed by atoms with Crippen LogP contribution in [0.2, 0.25) is 0 Å². The summed E-state index contributed by atoms with van der Waals surface area (Å²) in [4.78, 5) is 16.2. The third-order valence-corrected chi connectivity index (χ3v) is 2.73. The van der Waals surface area contributed by atoms with Gasteiger partial charge in [-0.3, -0.25) is 9.48 Å². The Morgan fingerprint density at radius 1 is 1.48 bits per heavy atom. The zero-order valence-corrected chi connectivity index (χ0v) is 11.9. The summed E-state index contributed by atoms with van der Waals surface area (Å²) in [6.07, 6.45) is 3.69. The van der Waals surface area contributed by atoms with Gasteiger partial charge in [-0.15, -0.1) is 0 Å². The molecule has 0 saturated heterocycles. The molecule has 0 aromatic carbocycles. The highest BCUT2D eigenvalue weighted by Gasteiger charge is 2.10. The summed E-state index contributed by atoms with van der Waals surface area (Å²) in [5.74, 6) is 5.36. The van der Waals surface area contributed by atoms with Crippen molar-refractivity contribution in [2.75, 3.05) is 11.9 Å². The minimum Gasteiger partial charge on any atom is -0.395 e. The lowest BCUT2D eigenvalue weighted by Crippen LogP contribution is -2.13. The molecular weight excluding hydrogens is 268 g/mol. The molecule has 108 valence electrons. The minimum absolute atomic E-state index is 0.0331. The van der Waals surface area contributed by atoms with E-state index in [2.05, 4.69) is 27.2 Å². The van der Waals surface area contributed by atoms with Crippen molar-refractivity contribution in [3.05, 3.63) is 41.5 Å². The first-order valence-corrected chi connectivity index (χ1v) is 6.47. The summed E-state index contributed by atoms with van der Waals surface area (Å²) in [6, 6.07) is 3.34. The van der Waals surface area contributed by atoms with E-state index in [1.165, 1.54) is 6.20 Å². The largest absolute Gasteiger partial charge is 0.395 e. The van der Waals surface area contributed by atoms with Crippen LogP contribution >= 0.6 is 0 Å². The van der Waals surface area contributed by atoms with Crippen LogP contribution in [0.4, 0.5) is 5.69 Å². The Balaban J connectivity index is 2.07. The Kier molecular flexibility index (Phi) is 4.69. The number of hydrogen-bond acceptors (Lipinski definition) is 4. The van der Waals surface area contributed by atoms with Gasteiger partial charge in [0, 0.05) is 31.4 Å². The number of hydrogen-bond donors (Lipinski definition) is 2. The van der Waals surface area contributed by atoms with Crippen molar-refractivity contribution >= 4 is 11.6 Å². The molecule has 0 spiro atoms. The number of carbonyl (C=O) groups is 1. The Labute approximate surface area is 122 Å². The van der Waals surface area contributed by atoms with Crippen LogP contribution in [-0.4, -0.2) is 32.4 Å². The zero-order chi connectivity index (χ0) is 15.2. The van der Waals surface area contributed by atoms with Crippen molar-refractivity contribution in [3.8, 4) is 11.8 Å². The highest BCUT2D eigenvalue weighted by Crippen LogP contribution is 2.12. The fourth-order valence-corrected chi connectivity index (χ4v) is 1.73. The molecule has 0 fully saturated rings. The molecule has 0 radical (unpaired) electrons. The second-order valence-electron chi connectivity index (χ2n) is 4.46. The summed E-state index contributed by atoms with van der Waals surface area (Å²) in [5.41, 5.74) is 2.43. The fraction of sp³-hybridized carbons (Fsp3) is 0.267. The van der Waals surface area contributed by atoms with Gasteiger partial charge >= 0.3 is 0 Å². The Bertz CT molecular complexity index is 693. The Morgan fingerprint density at radius 3 is 2.86 bits per heavy atom. The second kappa shape index (κ2) is 6.68. The molecule has 21 heavy (non-hydrogen) atoms. The topological polar surface area (TPSA) is 80.0 Å². The first-order valence-electron chi connectivity index (χ1n) is 6.47. The molecule has 0 aliphatic carbocycles. The average Bonchev–Trinajstić information content (AvgIpc) is 2.78. The van der Waals surface area contributed by atoms with Gasteiger partial charge in [-0.05, 0) is 19.1 Å². The van der Waals surface area contributed by atoms with Crippen molar-refractivity contribution in [1.29, 1.82) is 0 Å². The Hall–Kier alpha value is -2.65. The summed E-state index contributed by atoms with van der Waals surface area (Å²) in [5, 5.41) is 15.6. The van der Waals surface area contributed by atoms with Gasteiger partial charge in [-0.1, -0.05) is 11.8 Å². The molecule has 2 heterocycles. The molecule has 0 bridgehead atoms. The minimum atomic E-state index is -0.291. The van der Waals surface area contributed by atoms with Crippen LogP contribution in [0.5, 0.6) is 0 Å². The Morgan fingerprint density at radius 2 is 2.29 bits per heavy atom. The number of aliphatic hydroxyl groups is 1. The number of aliphatic hydroxyl groups excluding tert-OH is 1. The van der Waals surface area contributed by atoms with Crippen LogP contribution in [0.3, 0.4) is 0 Å². The molecule has 2 aromatic heterocycles. The first-order chi connectivity index (χ1) is 10.1. The number of anilines is 1. The predicted octanol–water partition coefficient (Wildman–Crippen LogP) is 1.11. The molecule has 2 N–H and O–H groups in total. The predicted molar refractivity (Wildman–Crippen MR) is 78.7 cm³/mol. The monoisotopic (exact) mass is 284 g/mol. The van der Waals surface area contributed by atoms with Crippen LogP contribution in [0.25, 0.3) is 0 Å². The third kappa shape index (κ3) is 3.91. The second-order valence-corrected chi connectivity index (χ2v) is 4.46. The summed E-state index contributed by atoms with van der Waals surface area (Å²) < 4.78 is 1.64. The highest BCUT2D eigenvalue weighted by molar-refractivity contribution is 6.03. The summed E-state index contributed by atoms with van der Waals surface area (Å²) in [6.45, 7) is 1.86. The summed E-state index contributed by atoms with van der Waals surface area (Å²) in [7, 11) is 1.79. The third-order valence-electron chi connectivity index (χ3n) is 2.73. The highest BCUT2D eigenvalue weighted by atomic mass is 16.2. The van der Waals surface area contributed by atoms with Gasteiger partial charge in [-0.2, -0.15) is 5.10 Å². The quantitative estimate of drug-likeness (QED) is 0.827. The van der Waals surface area contributed by atoms with E-state index in [-0.39, 0.29) is 12.5 Å². The standard InChI is InChI=1S/C15H16N4O2/c1-11-14(10-19(2)18-11)17-15(21)13-7-6-12(9-16-13)5-3-4-8-20/h6-7,9-10,20H,4,8H2,1-2H3,(H,17,21). The van der Waals surface area contributed by atoms with E-state index in [0.29, 0.717) is 23.4 Å². The van der Waals surface area contributed by atoms with Crippen molar-refractivity contribution in [3.63, 3.8) is 0 Å². The van der Waals surface area contributed by atoms with Gasteiger partial charge in [0.25, 0.3) is 5.91 Å². The lowest BCUT2D eigenvalue weighted by atomic mass is 10.2. The van der Waals surface area contributed by atoms with Gasteiger partial charge < -0.3 is 10.4 Å². The molecule has 0 atom stereocenters. The molecule has 0 aliphatic rings. The molecule has 0 saturated carbocycles. The van der Waals surface area contributed by atoms with E-state index >= 15 is 0 Å². The van der Waals surface area contributed by atoms with Crippen LogP contribution in [0.15, 0.2) is 24.5 Å². The number of amides is 1. The van der Waals surface area contributed by atoms with E-state index in [4.69, 9.17) is 5.11 Å². The molecule has 2 aromatic rings. The number of nitrogens with one attached hydrogen (secondary N) is 1. The van der Waals surface area contributed by atoms with Crippen LogP contribution in [-0.2, 0) is 7.05 Å². The zero-order valence-electron chi connectivity index (χ0n) is 11.9.